The zero-order chi connectivity index (χ0) is 14.5. The quantitative estimate of drug-likeness (QED) is 0.865. The van der Waals surface area contributed by atoms with E-state index in [0.29, 0.717) is 11.3 Å². The molecule has 1 saturated carbocycles. The van der Waals surface area contributed by atoms with E-state index in [1.54, 1.807) is 0 Å². The van der Waals surface area contributed by atoms with E-state index in [4.69, 9.17) is 0 Å². The van der Waals surface area contributed by atoms with E-state index < -0.39 is 0 Å². The normalized spacial score (nSPS) is 29.5. The Bertz CT molecular complexity index is 341. The monoisotopic (exact) mass is 292 g/mol. The number of piperidine rings is 1. The Morgan fingerprint density at radius 3 is 2.57 bits per heavy atom. The molecule has 0 aromatic carbocycles. The van der Waals surface area contributed by atoms with Gasteiger partial charge in [0.05, 0.1) is 0 Å². The molecule has 1 unspecified atom stereocenters. The summed E-state index contributed by atoms with van der Waals surface area (Å²) in [6.07, 6.45) is 14.0. The lowest BCUT2D eigenvalue weighted by Crippen LogP contribution is -2.46. The minimum absolute atomic E-state index is 0.435. The largest absolute Gasteiger partial charge is 0.342 e. The van der Waals surface area contributed by atoms with E-state index in [-0.39, 0.29) is 0 Å². The number of amides is 1. The Hall–Kier alpha value is -0.570. The molecule has 1 spiro atoms. The molecule has 21 heavy (non-hydrogen) atoms. The summed E-state index contributed by atoms with van der Waals surface area (Å²) in [5, 5.41) is 3.40. The second-order valence-corrected chi connectivity index (χ2v) is 7.73. The first-order valence-corrected chi connectivity index (χ1v) is 9.26. The number of rotatable bonds is 3. The first-order chi connectivity index (χ1) is 10.3. The fourth-order valence-electron chi connectivity index (χ4n) is 4.75. The molecular formula is C18H32N2O. The van der Waals surface area contributed by atoms with Crippen LogP contribution in [0.2, 0.25) is 0 Å². The van der Waals surface area contributed by atoms with Crippen LogP contribution in [0.3, 0.4) is 0 Å². The van der Waals surface area contributed by atoms with Crippen molar-refractivity contribution in [1.82, 2.24) is 10.2 Å². The van der Waals surface area contributed by atoms with Gasteiger partial charge in [0.25, 0.3) is 0 Å². The van der Waals surface area contributed by atoms with E-state index in [1.165, 1.54) is 57.8 Å². The van der Waals surface area contributed by atoms with Crippen LogP contribution >= 0.6 is 0 Å². The van der Waals surface area contributed by atoms with Crippen molar-refractivity contribution < 1.29 is 4.79 Å². The minimum atomic E-state index is 0.435. The van der Waals surface area contributed by atoms with Gasteiger partial charge in [-0.15, -0.1) is 0 Å². The lowest BCUT2D eigenvalue weighted by Gasteiger charge is -2.43. The molecule has 1 N–H and O–H groups in total. The Balaban J connectivity index is 1.50. The first-order valence-electron chi connectivity index (χ1n) is 9.26. The van der Waals surface area contributed by atoms with Crippen LogP contribution in [0.4, 0.5) is 0 Å². The third kappa shape index (κ3) is 4.00. The molecule has 0 aromatic heterocycles. The number of likely N-dealkylation sites (tertiary alicyclic amines) is 1. The predicted molar refractivity (Wildman–Crippen MR) is 86.2 cm³/mol. The van der Waals surface area contributed by atoms with Crippen LogP contribution in [0.1, 0.15) is 70.6 Å². The van der Waals surface area contributed by atoms with Crippen molar-refractivity contribution >= 4 is 5.91 Å². The van der Waals surface area contributed by atoms with E-state index in [0.717, 1.165) is 44.9 Å². The topological polar surface area (TPSA) is 32.3 Å². The molecule has 3 rings (SSSR count). The molecule has 3 nitrogen and oxygen atoms in total. The van der Waals surface area contributed by atoms with Gasteiger partial charge in [0.2, 0.25) is 5.91 Å². The Morgan fingerprint density at radius 2 is 1.86 bits per heavy atom. The smallest absolute Gasteiger partial charge is 0.222 e. The number of nitrogens with one attached hydrogen (secondary N) is 1. The van der Waals surface area contributed by atoms with Gasteiger partial charge in [-0.1, -0.05) is 25.7 Å². The average Bonchev–Trinajstić information content (AvgIpc) is 2.93. The lowest BCUT2D eigenvalue weighted by molar-refractivity contribution is -0.135. The molecule has 120 valence electrons. The molecule has 1 amide bonds. The summed E-state index contributed by atoms with van der Waals surface area (Å²) in [4.78, 5) is 14.8. The Labute approximate surface area is 129 Å². The molecule has 0 radical (unpaired) electrons. The summed E-state index contributed by atoms with van der Waals surface area (Å²) < 4.78 is 0. The fraction of sp³-hybridized carbons (Fsp3) is 0.944. The Kier molecular flexibility index (Phi) is 5.20. The standard InChI is InChI=1S/C18H32N2O/c21-17(7-6-16-8-12-19-14-16)20-13-5-11-18(15-20)9-3-1-2-4-10-18/h16,19H,1-15H2. The second kappa shape index (κ2) is 7.13. The third-order valence-electron chi connectivity index (χ3n) is 6.11. The van der Waals surface area contributed by atoms with Crippen LogP contribution in [0.5, 0.6) is 0 Å². The van der Waals surface area contributed by atoms with Gasteiger partial charge >= 0.3 is 0 Å². The maximum atomic E-state index is 12.6. The average molecular weight is 292 g/mol. The van der Waals surface area contributed by atoms with E-state index in [1.807, 2.05) is 0 Å². The number of carbonyl (C=O) groups excluding carboxylic acids is 1. The van der Waals surface area contributed by atoms with Gasteiger partial charge in [-0.05, 0) is 62.9 Å². The van der Waals surface area contributed by atoms with Crippen LogP contribution in [-0.2, 0) is 4.79 Å². The van der Waals surface area contributed by atoms with Crippen molar-refractivity contribution in [2.24, 2.45) is 11.3 Å². The van der Waals surface area contributed by atoms with Crippen LogP contribution in [-0.4, -0.2) is 37.0 Å². The Morgan fingerprint density at radius 1 is 1.10 bits per heavy atom. The molecular weight excluding hydrogens is 260 g/mol. The molecule has 3 aliphatic rings. The minimum Gasteiger partial charge on any atom is -0.342 e. The highest BCUT2D eigenvalue weighted by Gasteiger charge is 2.37. The van der Waals surface area contributed by atoms with Gasteiger partial charge < -0.3 is 10.2 Å². The number of hydrogen-bond donors (Lipinski definition) is 1. The summed E-state index contributed by atoms with van der Waals surface area (Å²) >= 11 is 0. The van der Waals surface area contributed by atoms with Crippen molar-refractivity contribution in [2.45, 2.75) is 70.6 Å². The lowest BCUT2D eigenvalue weighted by atomic mass is 9.74. The van der Waals surface area contributed by atoms with Gasteiger partial charge in [-0.2, -0.15) is 0 Å². The summed E-state index contributed by atoms with van der Waals surface area (Å²) in [5.74, 6) is 1.18. The van der Waals surface area contributed by atoms with Gasteiger partial charge in [0.15, 0.2) is 0 Å². The van der Waals surface area contributed by atoms with Crippen LogP contribution in [0, 0.1) is 11.3 Å². The SMILES string of the molecule is O=C(CCC1CCNC1)N1CCCC2(CCCCCC2)C1. The summed E-state index contributed by atoms with van der Waals surface area (Å²) in [5.41, 5.74) is 0.485. The van der Waals surface area contributed by atoms with Gasteiger partial charge in [-0.25, -0.2) is 0 Å². The molecule has 0 bridgehead atoms. The molecule has 0 aromatic rings. The highest BCUT2D eigenvalue weighted by Crippen LogP contribution is 2.42. The molecule has 2 aliphatic heterocycles. The third-order valence-corrected chi connectivity index (χ3v) is 6.11. The van der Waals surface area contributed by atoms with Crippen molar-refractivity contribution in [1.29, 1.82) is 0 Å². The van der Waals surface area contributed by atoms with Crippen LogP contribution in [0.25, 0.3) is 0 Å². The van der Waals surface area contributed by atoms with E-state index >= 15 is 0 Å². The van der Waals surface area contributed by atoms with Crippen molar-refractivity contribution in [3.63, 3.8) is 0 Å². The molecule has 3 heteroatoms. The maximum absolute atomic E-state index is 12.6. The first kappa shape index (κ1) is 15.3. The molecule has 2 heterocycles. The fourth-order valence-corrected chi connectivity index (χ4v) is 4.75. The number of hydrogen-bond acceptors (Lipinski definition) is 2. The van der Waals surface area contributed by atoms with Gasteiger partial charge in [0, 0.05) is 19.5 Å². The van der Waals surface area contributed by atoms with Crippen molar-refractivity contribution in [2.75, 3.05) is 26.2 Å². The maximum Gasteiger partial charge on any atom is 0.222 e. The van der Waals surface area contributed by atoms with Crippen LogP contribution < -0.4 is 5.32 Å². The highest BCUT2D eigenvalue weighted by molar-refractivity contribution is 5.76. The zero-order valence-corrected chi connectivity index (χ0v) is 13.5. The number of carbonyl (C=O) groups is 1. The summed E-state index contributed by atoms with van der Waals surface area (Å²) in [7, 11) is 0. The molecule has 1 atom stereocenters. The second-order valence-electron chi connectivity index (χ2n) is 7.73. The van der Waals surface area contributed by atoms with Gasteiger partial charge in [0.1, 0.15) is 0 Å². The van der Waals surface area contributed by atoms with Crippen molar-refractivity contribution in [3.05, 3.63) is 0 Å². The van der Waals surface area contributed by atoms with Crippen LogP contribution in [0.15, 0.2) is 0 Å². The molecule has 1 aliphatic carbocycles. The summed E-state index contributed by atoms with van der Waals surface area (Å²) in [6.45, 7) is 4.35. The predicted octanol–water partition coefficient (Wildman–Crippen LogP) is 3.34. The molecule has 2 saturated heterocycles. The highest BCUT2D eigenvalue weighted by atomic mass is 16.2. The summed E-state index contributed by atoms with van der Waals surface area (Å²) in [6, 6.07) is 0. The van der Waals surface area contributed by atoms with Gasteiger partial charge in [-0.3, -0.25) is 4.79 Å². The van der Waals surface area contributed by atoms with Crippen molar-refractivity contribution in [3.8, 4) is 0 Å². The number of nitrogens with zero attached hydrogens (tertiary/aromatic N) is 1. The zero-order valence-electron chi connectivity index (χ0n) is 13.5. The van der Waals surface area contributed by atoms with E-state index in [2.05, 4.69) is 10.2 Å². The van der Waals surface area contributed by atoms with E-state index in [9.17, 15) is 4.79 Å². The molecule has 3 fully saturated rings.